The molecule has 3 rings (SSSR count). The van der Waals surface area contributed by atoms with Crippen LogP contribution in [0.2, 0.25) is 0 Å². The third-order valence-electron chi connectivity index (χ3n) is 5.05. The molecule has 2 heterocycles. The second-order valence-electron chi connectivity index (χ2n) is 7.66. The summed E-state index contributed by atoms with van der Waals surface area (Å²) in [7, 11) is 2.96. The molecule has 33 heavy (non-hydrogen) atoms. The van der Waals surface area contributed by atoms with Crippen LogP contribution >= 0.6 is 0 Å². The summed E-state index contributed by atoms with van der Waals surface area (Å²) in [5.74, 6) is 0. The highest BCUT2D eigenvalue weighted by atomic mass is 32.2. The zero-order valence-corrected chi connectivity index (χ0v) is 19.7. The number of rotatable bonds is 8. The van der Waals surface area contributed by atoms with Crippen molar-refractivity contribution in [3.05, 3.63) is 59.4 Å². The Bertz CT molecular complexity index is 1380. The van der Waals surface area contributed by atoms with Gasteiger partial charge in [0.25, 0.3) is 10.0 Å². The lowest BCUT2D eigenvalue weighted by molar-refractivity contribution is 0.416. The minimum absolute atomic E-state index is 0.00547. The predicted octanol–water partition coefficient (Wildman–Crippen LogP) is 1.73. The van der Waals surface area contributed by atoms with Crippen LogP contribution in [0.15, 0.2) is 52.7 Å². The van der Waals surface area contributed by atoms with Crippen molar-refractivity contribution in [3.63, 3.8) is 0 Å². The molecule has 0 amide bonds. The van der Waals surface area contributed by atoms with Crippen molar-refractivity contribution >= 4 is 27.4 Å². The number of nitrogens with zero attached hydrogens (tertiary/aromatic N) is 8. The first-order chi connectivity index (χ1) is 15.7. The van der Waals surface area contributed by atoms with Gasteiger partial charge < -0.3 is 9.80 Å². The average molecular weight is 465 g/mol. The molecule has 11 heteroatoms. The third kappa shape index (κ3) is 5.12. The van der Waals surface area contributed by atoms with E-state index in [9.17, 15) is 13.7 Å². The molecule has 2 aromatic heterocycles. The Kier molecular flexibility index (Phi) is 6.97. The fourth-order valence-electron chi connectivity index (χ4n) is 3.09. The van der Waals surface area contributed by atoms with E-state index in [1.807, 2.05) is 30.0 Å². The maximum Gasteiger partial charge on any atom is 0.280 e. The van der Waals surface area contributed by atoms with Crippen molar-refractivity contribution in [2.75, 3.05) is 46.2 Å². The Hall–Kier alpha value is -3.93. The molecular formula is C22H24N8O2S. The number of likely N-dealkylation sites (N-methyl/N-ethyl adjacent to an activating group) is 2. The van der Waals surface area contributed by atoms with Gasteiger partial charge in [0.2, 0.25) is 0 Å². The van der Waals surface area contributed by atoms with E-state index in [1.165, 1.54) is 25.5 Å². The van der Waals surface area contributed by atoms with E-state index < -0.39 is 10.0 Å². The molecule has 0 unspecified atom stereocenters. The Labute approximate surface area is 193 Å². The van der Waals surface area contributed by atoms with Gasteiger partial charge in [0.15, 0.2) is 0 Å². The van der Waals surface area contributed by atoms with Gasteiger partial charge in [-0.1, -0.05) is 0 Å². The first kappa shape index (κ1) is 23.7. The highest BCUT2D eigenvalue weighted by Crippen LogP contribution is 2.28. The lowest BCUT2D eigenvalue weighted by Crippen LogP contribution is -2.31. The van der Waals surface area contributed by atoms with E-state index in [1.54, 1.807) is 42.0 Å². The minimum Gasteiger partial charge on any atom is -0.372 e. The molecule has 0 saturated carbocycles. The predicted molar refractivity (Wildman–Crippen MR) is 125 cm³/mol. The largest absolute Gasteiger partial charge is 0.372 e. The second kappa shape index (κ2) is 9.69. The van der Waals surface area contributed by atoms with Gasteiger partial charge in [-0.15, -0.1) is 0 Å². The molecule has 1 aromatic carbocycles. The summed E-state index contributed by atoms with van der Waals surface area (Å²) < 4.78 is 29.2. The summed E-state index contributed by atoms with van der Waals surface area (Å²) in [6, 6.07) is 11.9. The molecule has 0 radical (unpaired) electrons. The molecule has 0 fully saturated rings. The van der Waals surface area contributed by atoms with Crippen LogP contribution < -0.4 is 4.90 Å². The number of hydrogen-bond donors (Lipinski definition) is 0. The number of benzene rings is 1. The Balaban J connectivity index is 1.96. The summed E-state index contributed by atoms with van der Waals surface area (Å²) in [6.07, 6.45) is 4.57. The van der Waals surface area contributed by atoms with Crippen LogP contribution in [0.3, 0.4) is 0 Å². The fraction of sp³-hybridized carbons (Fsp3) is 0.273. The first-order valence-corrected chi connectivity index (χ1v) is 11.4. The molecule has 0 N–H and O–H groups in total. The van der Waals surface area contributed by atoms with Gasteiger partial charge in [-0.05, 0) is 44.4 Å². The summed E-state index contributed by atoms with van der Waals surface area (Å²) in [5.41, 5.74) is 2.36. The smallest absolute Gasteiger partial charge is 0.280 e. The molecule has 10 nitrogen and oxygen atoms in total. The normalized spacial score (nSPS) is 11.6. The Morgan fingerprint density at radius 2 is 1.76 bits per heavy atom. The average Bonchev–Trinajstić information content (AvgIpc) is 3.22. The number of sulfonamides is 1. The molecule has 0 aliphatic rings. The molecule has 0 bridgehead atoms. The van der Waals surface area contributed by atoms with E-state index in [0.717, 1.165) is 11.0 Å². The van der Waals surface area contributed by atoms with Crippen LogP contribution in [-0.4, -0.2) is 74.8 Å². The minimum atomic E-state index is -4.06. The van der Waals surface area contributed by atoms with Gasteiger partial charge >= 0.3 is 0 Å². The van der Waals surface area contributed by atoms with Crippen molar-refractivity contribution in [1.29, 1.82) is 10.5 Å². The summed E-state index contributed by atoms with van der Waals surface area (Å²) in [5, 5.41) is 26.7. The van der Waals surface area contributed by atoms with Gasteiger partial charge in [-0.25, -0.2) is 4.52 Å². The van der Waals surface area contributed by atoms with E-state index in [-0.39, 0.29) is 10.5 Å². The quantitative estimate of drug-likeness (QED) is 0.368. The van der Waals surface area contributed by atoms with Crippen LogP contribution in [-0.2, 0) is 10.0 Å². The highest BCUT2D eigenvalue weighted by molar-refractivity contribution is 7.89. The van der Waals surface area contributed by atoms with E-state index in [2.05, 4.69) is 16.3 Å². The van der Waals surface area contributed by atoms with Crippen molar-refractivity contribution in [1.82, 2.24) is 18.9 Å². The number of aromatic nitrogens is 2. The van der Waals surface area contributed by atoms with Gasteiger partial charge in [0.1, 0.15) is 4.90 Å². The molecule has 0 atom stereocenters. The highest BCUT2D eigenvalue weighted by Gasteiger charge is 2.25. The van der Waals surface area contributed by atoms with Crippen molar-refractivity contribution in [2.45, 2.75) is 4.90 Å². The van der Waals surface area contributed by atoms with Crippen LogP contribution in [0.25, 0.3) is 5.52 Å². The van der Waals surface area contributed by atoms with Gasteiger partial charge in [-0.2, -0.15) is 33.6 Å². The standard InChI is InChI=1S/C22H24N8O2S/c1-27(2)9-10-28(3)20-6-5-17(13-23)12-22(20)33(31,32)29(4)25-15-19-16-26-30-8-7-18(14-24)11-21(19)30/h5-8,11-12,15-16H,9-10H2,1-4H3/b25-15-. The second-order valence-corrected chi connectivity index (χ2v) is 9.58. The lowest BCUT2D eigenvalue weighted by Gasteiger charge is -2.25. The number of pyridine rings is 1. The summed E-state index contributed by atoms with van der Waals surface area (Å²) in [6.45, 7) is 1.32. The molecule has 0 aliphatic carbocycles. The topological polar surface area (TPSA) is 121 Å². The number of hydrazone groups is 1. The van der Waals surface area contributed by atoms with Crippen LogP contribution in [0.5, 0.6) is 0 Å². The van der Waals surface area contributed by atoms with Crippen molar-refractivity contribution in [3.8, 4) is 12.1 Å². The van der Waals surface area contributed by atoms with E-state index in [4.69, 9.17) is 5.26 Å². The summed E-state index contributed by atoms with van der Waals surface area (Å²) >= 11 is 0. The molecule has 3 aromatic rings. The van der Waals surface area contributed by atoms with Crippen LogP contribution in [0, 0.1) is 22.7 Å². The zero-order valence-electron chi connectivity index (χ0n) is 18.8. The maximum atomic E-state index is 13.4. The molecule has 0 saturated heterocycles. The van der Waals surface area contributed by atoms with E-state index in [0.29, 0.717) is 28.9 Å². The third-order valence-corrected chi connectivity index (χ3v) is 6.72. The van der Waals surface area contributed by atoms with Gasteiger partial charge in [0.05, 0.1) is 46.9 Å². The monoisotopic (exact) mass is 464 g/mol. The molecule has 0 aliphatic heterocycles. The Morgan fingerprint density at radius 1 is 1.06 bits per heavy atom. The fourth-order valence-corrected chi connectivity index (χ4v) is 4.31. The van der Waals surface area contributed by atoms with Gasteiger partial charge in [-0.3, -0.25) is 0 Å². The number of fused-ring (bicyclic) bond motifs is 1. The molecule has 170 valence electrons. The number of hydrogen-bond acceptors (Lipinski definition) is 8. The molecular weight excluding hydrogens is 440 g/mol. The van der Waals surface area contributed by atoms with Crippen molar-refractivity contribution in [2.24, 2.45) is 5.10 Å². The van der Waals surface area contributed by atoms with Crippen LogP contribution in [0.4, 0.5) is 5.69 Å². The van der Waals surface area contributed by atoms with E-state index >= 15 is 0 Å². The zero-order chi connectivity index (χ0) is 24.2. The molecule has 0 spiro atoms. The van der Waals surface area contributed by atoms with Crippen LogP contribution in [0.1, 0.15) is 16.7 Å². The summed E-state index contributed by atoms with van der Waals surface area (Å²) in [4.78, 5) is 3.83. The lowest BCUT2D eigenvalue weighted by atomic mass is 10.2. The Morgan fingerprint density at radius 3 is 2.42 bits per heavy atom. The van der Waals surface area contributed by atoms with Crippen molar-refractivity contribution < 1.29 is 8.42 Å². The maximum absolute atomic E-state index is 13.4. The number of nitriles is 2. The first-order valence-electron chi connectivity index (χ1n) is 9.98. The SMILES string of the molecule is CN(C)CCN(C)c1ccc(C#N)cc1S(=O)(=O)N(C)/N=C\c1cnn2ccc(C#N)cc12. The number of anilines is 1. The van der Waals surface area contributed by atoms with Gasteiger partial charge in [0, 0.05) is 38.9 Å².